The molecule has 0 fully saturated rings. The Hall–Kier alpha value is -2.93. The third-order valence-electron chi connectivity index (χ3n) is 4.17. The van der Waals surface area contributed by atoms with E-state index in [1.54, 1.807) is 18.9 Å². The van der Waals surface area contributed by atoms with Gasteiger partial charge in [0, 0.05) is 5.39 Å². The number of aromatic nitrogens is 3. The van der Waals surface area contributed by atoms with Gasteiger partial charge in [-0.3, -0.25) is 0 Å². The van der Waals surface area contributed by atoms with E-state index in [1.165, 1.54) is 0 Å². The van der Waals surface area contributed by atoms with Crippen molar-refractivity contribution in [2.45, 2.75) is 10.5 Å². The van der Waals surface area contributed by atoms with Gasteiger partial charge in [0.1, 0.15) is 16.7 Å². The molecular formula is C18H14N4O2S. The molecule has 1 aliphatic rings. The molecule has 1 N–H and O–H groups in total. The van der Waals surface area contributed by atoms with Crippen molar-refractivity contribution in [1.82, 2.24) is 14.9 Å². The summed E-state index contributed by atoms with van der Waals surface area (Å²) in [7, 11) is 1.67. The lowest BCUT2D eigenvalue weighted by molar-refractivity contribution is 0.414. The SMILES string of the molecule is COc1ccc(C2Nn3c(nnc3-c3cc4ccccc4o3)S2)cc1. The third-order valence-corrected chi connectivity index (χ3v) is 5.26. The van der Waals surface area contributed by atoms with E-state index in [-0.39, 0.29) is 5.37 Å². The highest BCUT2D eigenvalue weighted by molar-refractivity contribution is 7.99. The lowest BCUT2D eigenvalue weighted by atomic mass is 10.2. The highest BCUT2D eigenvalue weighted by Gasteiger charge is 2.29. The predicted octanol–water partition coefficient (Wildman–Crippen LogP) is 4.05. The summed E-state index contributed by atoms with van der Waals surface area (Å²) < 4.78 is 13.0. The minimum atomic E-state index is 0.0690. The highest BCUT2D eigenvalue weighted by Crippen LogP contribution is 2.41. The largest absolute Gasteiger partial charge is 0.497 e. The van der Waals surface area contributed by atoms with Crippen molar-refractivity contribution >= 4 is 22.7 Å². The van der Waals surface area contributed by atoms with E-state index in [1.807, 2.05) is 59.3 Å². The number of rotatable bonds is 3. The Bertz CT molecular complexity index is 1020. The second-order valence-corrected chi connectivity index (χ2v) is 6.76. The summed E-state index contributed by atoms with van der Waals surface area (Å²) in [5, 5.41) is 10.5. The normalized spacial score (nSPS) is 16.0. The Kier molecular flexibility index (Phi) is 3.21. The number of nitrogens with one attached hydrogen (secondary N) is 1. The zero-order chi connectivity index (χ0) is 16.8. The van der Waals surface area contributed by atoms with Gasteiger partial charge in [-0.25, -0.2) is 4.68 Å². The van der Waals surface area contributed by atoms with Crippen LogP contribution in [0.4, 0.5) is 0 Å². The molecule has 2 aromatic heterocycles. The lowest BCUT2D eigenvalue weighted by Gasteiger charge is -2.12. The molecule has 6 nitrogen and oxygen atoms in total. The lowest BCUT2D eigenvalue weighted by Crippen LogP contribution is -2.13. The van der Waals surface area contributed by atoms with E-state index in [0.29, 0.717) is 11.6 Å². The first kappa shape index (κ1) is 14.4. The van der Waals surface area contributed by atoms with E-state index in [0.717, 1.165) is 27.4 Å². The second kappa shape index (κ2) is 5.56. The van der Waals surface area contributed by atoms with Crippen LogP contribution in [-0.2, 0) is 0 Å². The van der Waals surface area contributed by atoms with Gasteiger partial charge in [0.2, 0.25) is 11.0 Å². The van der Waals surface area contributed by atoms with Crippen LogP contribution in [-0.4, -0.2) is 22.0 Å². The number of nitrogens with zero attached hydrogens (tertiary/aromatic N) is 3. The smallest absolute Gasteiger partial charge is 0.219 e. The standard InChI is InChI=1S/C18H14N4O2S/c1-23-13-8-6-11(7-9-13)17-21-22-16(19-20-18(22)25-17)15-10-12-4-2-3-5-14(12)24-15/h2-10,17,21H,1H3. The quantitative estimate of drug-likeness (QED) is 0.601. The Morgan fingerprint density at radius 2 is 1.96 bits per heavy atom. The molecule has 2 aromatic carbocycles. The fraction of sp³-hybridized carbons (Fsp3) is 0.111. The van der Waals surface area contributed by atoms with Crippen LogP contribution < -0.4 is 10.2 Å². The second-order valence-electron chi connectivity index (χ2n) is 5.69. The molecule has 124 valence electrons. The first-order chi connectivity index (χ1) is 12.3. The van der Waals surface area contributed by atoms with Crippen LogP contribution in [0.1, 0.15) is 10.9 Å². The molecule has 1 unspecified atom stereocenters. The molecule has 1 aliphatic heterocycles. The average molecular weight is 350 g/mol. The Labute approximate surface area is 147 Å². The summed E-state index contributed by atoms with van der Waals surface area (Å²) in [6.45, 7) is 0. The van der Waals surface area contributed by atoms with Crippen molar-refractivity contribution in [3.05, 3.63) is 60.2 Å². The van der Waals surface area contributed by atoms with E-state index in [2.05, 4.69) is 15.6 Å². The van der Waals surface area contributed by atoms with Crippen LogP contribution in [0, 0.1) is 0 Å². The van der Waals surface area contributed by atoms with E-state index >= 15 is 0 Å². The van der Waals surface area contributed by atoms with E-state index in [9.17, 15) is 0 Å². The monoisotopic (exact) mass is 350 g/mol. The number of hydrogen-bond acceptors (Lipinski definition) is 6. The van der Waals surface area contributed by atoms with Gasteiger partial charge in [-0.1, -0.05) is 42.1 Å². The van der Waals surface area contributed by atoms with Crippen molar-refractivity contribution in [3.8, 4) is 17.3 Å². The average Bonchev–Trinajstić information content (AvgIpc) is 3.34. The summed E-state index contributed by atoms with van der Waals surface area (Å²) in [5.74, 6) is 2.22. The molecule has 0 bridgehead atoms. The third kappa shape index (κ3) is 2.35. The minimum absolute atomic E-state index is 0.0690. The molecule has 7 heteroatoms. The molecule has 0 amide bonds. The first-order valence-electron chi connectivity index (χ1n) is 7.83. The predicted molar refractivity (Wildman–Crippen MR) is 96.2 cm³/mol. The molecule has 0 saturated carbocycles. The van der Waals surface area contributed by atoms with Crippen LogP contribution in [0.25, 0.3) is 22.6 Å². The maximum absolute atomic E-state index is 5.92. The first-order valence-corrected chi connectivity index (χ1v) is 8.71. The Morgan fingerprint density at radius 1 is 1.12 bits per heavy atom. The van der Waals surface area contributed by atoms with Crippen LogP contribution in [0.15, 0.2) is 64.2 Å². The van der Waals surface area contributed by atoms with Crippen molar-refractivity contribution in [1.29, 1.82) is 0 Å². The molecule has 3 heterocycles. The molecule has 1 atom stereocenters. The minimum Gasteiger partial charge on any atom is -0.497 e. The van der Waals surface area contributed by atoms with Crippen LogP contribution in [0.2, 0.25) is 0 Å². The number of methoxy groups -OCH3 is 1. The zero-order valence-corrected chi connectivity index (χ0v) is 14.2. The van der Waals surface area contributed by atoms with Crippen LogP contribution >= 0.6 is 11.8 Å². The maximum atomic E-state index is 5.92. The summed E-state index contributed by atoms with van der Waals surface area (Å²) in [4.78, 5) is 0. The summed E-state index contributed by atoms with van der Waals surface area (Å²) >= 11 is 1.62. The fourth-order valence-electron chi connectivity index (χ4n) is 2.88. The fourth-order valence-corrected chi connectivity index (χ4v) is 3.88. The van der Waals surface area contributed by atoms with Crippen molar-refractivity contribution in [2.75, 3.05) is 12.5 Å². The molecule has 25 heavy (non-hydrogen) atoms. The number of benzene rings is 2. The number of fused-ring (bicyclic) bond motifs is 2. The van der Waals surface area contributed by atoms with Gasteiger partial charge in [0.25, 0.3) is 0 Å². The molecule has 5 rings (SSSR count). The van der Waals surface area contributed by atoms with E-state index in [4.69, 9.17) is 9.15 Å². The zero-order valence-electron chi connectivity index (χ0n) is 13.3. The summed E-state index contributed by atoms with van der Waals surface area (Å²) in [6, 6.07) is 17.9. The highest BCUT2D eigenvalue weighted by atomic mass is 32.2. The number of furan rings is 1. The van der Waals surface area contributed by atoms with Crippen LogP contribution in [0.5, 0.6) is 5.75 Å². The Balaban J connectivity index is 1.47. The molecule has 0 spiro atoms. The Morgan fingerprint density at radius 3 is 2.76 bits per heavy atom. The topological polar surface area (TPSA) is 65.1 Å². The van der Waals surface area contributed by atoms with Gasteiger partial charge in [0.05, 0.1) is 7.11 Å². The van der Waals surface area contributed by atoms with Crippen molar-refractivity contribution < 1.29 is 9.15 Å². The van der Waals surface area contributed by atoms with Gasteiger partial charge in [-0.05, 0) is 29.8 Å². The number of thioether (sulfide) groups is 1. The maximum Gasteiger partial charge on any atom is 0.219 e. The van der Waals surface area contributed by atoms with E-state index < -0.39 is 0 Å². The van der Waals surface area contributed by atoms with Crippen molar-refractivity contribution in [3.63, 3.8) is 0 Å². The summed E-state index contributed by atoms with van der Waals surface area (Å²) in [5.41, 5.74) is 5.42. The van der Waals surface area contributed by atoms with Crippen molar-refractivity contribution in [2.24, 2.45) is 0 Å². The number of ether oxygens (including phenoxy) is 1. The summed E-state index contributed by atoms with van der Waals surface area (Å²) in [6.07, 6.45) is 0. The van der Waals surface area contributed by atoms with Gasteiger partial charge in [-0.15, -0.1) is 10.2 Å². The number of para-hydroxylation sites is 1. The number of hydrogen-bond donors (Lipinski definition) is 1. The van der Waals surface area contributed by atoms with Crippen LogP contribution in [0.3, 0.4) is 0 Å². The molecule has 0 radical (unpaired) electrons. The molecule has 4 aromatic rings. The van der Waals surface area contributed by atoms with Gasteiger partial charge < -0.3 is 14.6 Å². The van der Waals surface area contributed by atoms with Gasteiger partial charge in [0.15, 0.2) is 5.76 Å². The van der Waals surface area contributed by atoms with Gasteiger partial charge >= 0.3 is 0 Å². The van der Waals surface area contributed by atoms with Gasteiger partial charge in [-0.2, -0.15) is 0 Å². The molecular weight excluding hydrogens is 336 g/mol. The molecule has 0 aliphatic carbocycles. The molecule has 0 saturated heterocycles.